The third-order valence-corrected chi connectivity index (χ3v) is 5.25. The molecule has 0 saturated heterocycles. The molecule has 0 aromatic heterocycles. The third-order valence-electron chi connectivity index (χ3n) is 3.98. The van der Waals surface area contributed by atoms with Gasteiger partial charge in [-0.05, 0) is 55.2 Å². The summed E-state index contributed by atoms with van der Waals surface area (Å²) < 4.78 is 29.8. The van der Waals surface area contributed by atoms with Gasteiger partial charge in [0.25, 0.3) is 0 Å². The van der Waals surface area contributed by atoms with Crippen LogP contribution in [0.15, 0.2) is 83.8 Å². The predicted molar refractivity (Wildman–Crippen MR) is 99.3 cm³/mol. The van der Waals surface area contributed by atoms with Crippen molar-refractivity contribution in [3.63, 3.8) is 0 Å². The first-order valence-corrected chi connectivity index (χ1v) is 9.58. The third kappa shape index (κ3) is 4.70. The molecular weight excluding hydrogens is 332 g/mol. The molecule has 0 bridgehead atoms. The van der Waals surface area contributed by atoms with Gasteiger partial charge in [0.15, 0.2) is 0 Å². The van der Waals surface area contributed by atoms with Gasteiger partial charge in [-0.15, -0.1) is 0 Å². The summed E-state index contributed by atoms with van der Waals surface area (Å²) in [5, 5.41) is 0. The molecular formula is C21H20O3S. The molecule has 0 saturated carbocycles. The van der Waals surface area contributed by atoms with E-state index in [9.17, 15) is 8.42 Å². The van der Waals surface area contributed by atoms with Crippen molar-refractivity contribution in [2.75, 3.05) is 0 Å². The van der Waals surface area contributed by atoms with Gasteiger partial charge in [0.2, 0.25) is 0 Å². The monoisotopic (exact) mass is 352 g/mol. The highest BCUT2D eigenvalue weighted by Gasteiger charge is 2.16. The summed E-state index contributed by atoms with van der Waals surface area (Å²) in [5.74, 6) is 0.323. The summed E-state index contributed by atoms with van der Waals surface area (Å²) in [6.07, 6.45) is 1.84. The zero-order valence-corrected chi connectivity index (χ0v) is 14.9. The van der Waals surface area contributed by atoms with Gasteiger partial charge in [0.1, 0.15) is 10.6 Å². The summed E-state index contributed by atoms with van der Waals surface area (Å²) in [6.45, 7) is 1.91. The maximum Gasteiger partial charge on any atom is 0.339 e. The maximum absolute atomic E-state index is 12.3. The van der Waals surface area contributed by atoms with E-state index in [1.807, 2.05) is 37.3 Å². The molecule has 3 nitrogen and oxygen atoms in total. The van der Waals surface area contributed by atoms with Gasteiger partial charge in [0.05, 0.1) is 0 Å². The average Bonchev–Trinajstić information content (AvgIpc) is 2.62. The van der Waals surface area contributed by atoms with Crippen LogP contribution in [-0.4, -0.2) is 8.42 Å². The Hall–Kier alpha value is -2.59. The lowest BCUT2D eigenvalue weighted by atomic mass is 10.0. The van der Waals surface area contributed by atoms with Crippen molar-refractivity contribution in [2.24, 2.45) is 0 Å². The summed E-state index contributed by atoms with van der Waals surface area (Å²) in [6, 6.07) is 24.1. The summed E-state index contributed by atoms with van der Waals surface area (Å²) in [4.78, 5) is 0.159. The van der Waals surface area contributed by atoms with Crippen LogP contribution in [0.4, 0.5) is 0 Å². The zero-order valence-electron chi connectivity index (χ0n) is 14.1. The molecule has 0 amide bonds. The van der Waals surface area contributed by atoms with E-state index in [4.69, 9.17) is 4.18 Å². The van der Waals surface area contributed by atoms with Crippen LogP contribution in [0, 0.1) is 6.92 Å². The molecule has 0 fully saturated rings. The summed E-state index contributed by atoms with van der Waals surface area (Å²) in [7, 11) is -3.80. The van der Waals surface area contributed by atoms with Gasteiger partial charge >= 0.3 is 10.1 Å². The molecule has 4 heteroatoms. The van der Waals surface area contributed by atoms with Gasteiger partial charge in [-0.2, -0.15) is 8.42 Å². The van der Waals surface area contributed by atoms with E-state index in [2.05, 4.69) is 12.1 Å². The molecule has 128 valence electrons. The molecule has 0 heterocycles. The molecule has 0 N–H and O–H groups in total. The number of aryl methyl sites for hydroxylation is 3. The van der Waals surface area contributed by atoms with Gasteiger partial charge in [-0.1, -0.05) is 60.2 Å². The van der Waals surface area contributed by atoms with Crippen LogP contribution in [0.2, 0.25) is 0 Å². The average molecular weight is 352 g/mol. The van der Waals surface area contributed by atoms with Crippen molar-refractivity contribution in [3.05, 3.63) is 95.6 Å². The van der Waals surface area contributed by atoms with Crippen molar-refractivity contribution < 1.29 is 12.6 Å². The Kier molecular flexibility index (Phi) is 5.19. The molecule has 3 rings (SSSR count). The fraction of sp³-hybridized carbons (Fsp3) is 0.143. The lowest BCUT2D eigenvalue weighted by Crippen LogP contribution is -2.09. The Morgan fingerprint density at radius 3 is 1.88 bits per heavy atom. The quantitative estimate of drug-likeness (QED) is 0.611. The van der Waals surface area contributed by atoms with Crippen LogP contribution in [0.5, 0.6) is 5.75 Å². The molecule has 0 radical (unpaired) electrons. The van der Waals surface area contributed by atoms with E-state index in [1.54, 1.807) is 36.4 Å². The van der Waals surface area contributed by atoms with Gasteiger partial charge < -0.3 is 4.18 Å². The van der Waals surface area contributed by atoms with Crippen molar-refractivity contribution in [1.29, 1.82) is 0 Å². The molecule has 0 aliphatic carbocycles. The molecule has 0 spiro atoms. The first-order valence-electron chi connectivity index (χ1n) is 8.17. The smallest absolute Gasteiger partial charge is 0.339 e. The SMILES string of the molecule is Cc1ccc(S(=O)(=O)Oc2ccc(CCc3ccccc3)cc2)cc1. The van der Waals surface area contributed by atoms with E-state index in [0.29, 0.717) is 5.75 Å². The predicted octanol–water partition coefficient (Wildman–Crippen LogP) is 4.55. The fourth-order valence-corrected chi connectivity index (χ4v) is 3.45. The molecule has 0 atom stereocenters. The number of hydrogen-bond acceptors (Lipinski definition) is 3. The van der Waals surface area contributed by atoms with E-state index in [1.165, 1.54) is 5.56 Å². The zero-order chi connectivity index (χ0) is 17.7. The van der Waals surface area contributed by atoms with Crippen molar-refractivity contribution in [2.45, 2.75) is 24.7 Å². The van der Waals surface area contributed by atoms with Gasteiger partial charge in [0, 0.05) is 0 Å². The van der Waals surface area contributed by atoms with Crippen LogP contribution in [0.3, 0.4) is 0 Å². The second-order valence-corrected chi connectivity index (χ2v) is 7.53. The van der Waals surface area contributed by atoms with E-state index >= 15 is 0 Å². The van der Waals surface area contributed by atoms with Crippen molar-refractivity contribution in [1.82, 2.24) is 0 Å². The molecule has 3 aromatic carbocycles. The number of hydrogen-bond donors (Lipinski definition) is 0. The second kappa shape index (κ2) is 7.53. The highest BCUT2D eigenvalue weighted by Crippen LogP contribution is 2.20. The van der Waals surface area contributed by atoms with Crippen molar-refractivity contribution >= 4 is 10.1 Å². The Bertz CT molecular complexity index is 913. The Morgan fingerprint density at radius 2 is 1.28 bits per heavy atom. The lowest BCUT2D eigenvalue weighted by Gasteiger charge is -2.08. The minimum absolute atomic E-state index is 0.159. The Morgan fingerprint density at radius 1 is 0.720 bits per heavy atom. The molecule has 0 aliphatic rings. The standard InChI is InChI=1S/C21H20O3S/c1-17-7-15-21(16-8-17)25(22,23)24-20-13-11-19(12-14-20)10-9-18-5-3-2-4-6-18/h2-8,11-16H,9-10H2,1H3. The van der Waals surface area contributed by atoms with Gasteiger partial charge in [-0.25, -0.2) is 0 Å². The fourth-order valence-electron chi connectivity index (χ4n) is 2.52. The largest absolute Gasteiger partial charge is 0.379 e. The lowest BCUT2D eigenvalue weighted by molar-refractivity contribution is 0.486. The van der Waals surface area contributed by atoms with Crippen LogP contribution < -0.4 is 4.18 Å². The Labute approximate surface area is 149 Å². The topological polar surface area (TPSA) is 43.4 Å². The van der Waals surface area contributed by atoms with Gasteiger partial charge in [-0.3, -0.25) is 0 Å². The number of rotatable bonds is 6. The summed E-state index contributed by atoms with van der Waals surface area (Å²) >= 11 is 0. The minimum atomic E-state index is -3.80. The van der Waals surface area contributed by atoms with Crippen molar-refractivity contribution in [3.8, 4) is 5.75 Å². The first kappa shape index (κ1) is 17.2. The molecule has 25 heavy (non-hydrogen) atoms. The normalized spacial score (nSPS) is 11.2. The van der Waals surface area contributed by atoms with Crippen LogP contribution in [0.1, 0.15) is 16.7 Å². The van der Waals surface area contributed by atoms with Crippen LogP contribution >= 0.6 is 0 Å². The highest BCUT2D eigenvalue weighted by atomic mass is 32.2. The van der Waals surface area contributed by atoms with E-state index in [0.717, 1.165) is 24.0 Å². The first-order chi connectivity index (χ1) is 12.0. The maximum atomic E-state index is 12.3. The summed E-state index contributed by atoms with van der Waals surface area (Å²) in [5.41, 5.74) is 3.43. The molecule has 0 aliphatic heterocycles. The number of benzene rings is 3. The van der Waals surface area contributed by atoms with Crippen LogP contribution in [0.25, 0.3) is 0 Å². The van der Waals surface area contributed by atoms with E-state index in [-0.39, 0.29) is 4.90 Å². The molecule has 0 unspecified atom stereocenters. The van der Waals surface area contributed by atoms with Crippen LogP contribution in [-0.2, 0) is 23.0 Å². The van der Waals surface area contributed by atoms with E-state index < -0.39 is 10.1 Å². The second-order valence-electron chi connectivity index (χ2n) is 5.98. The molecule has 3 aromatic rings. The highest BCUT2D eigenvalue weighted by molar-refractivity contribution is 7.87. The Balaban J connectivity index is 1.65. The minimum Gasteiger partial charge on any atom is -0.379 e.